The Hall–Kier alpha value is -5.14. The molecule has 0 radical (unpaired) electrons. The fourth-order valence-corrected chi connectivity index (χ4v) is 6.49. The number of carbonyl (C=O) groups excluding carboxylic acids is 4. The fourth-order valence-electron chi connectivity index (χ4n) is 6.49. The Kier molecular flexibility index (Phi) is 13.1. The van der Waals surface area contributed by atoms with Gasteiger partial charge >= 0.3 is 24.0 Å². The fraction of sp³-hybridized carbons (Fsp3) is 0.436. The lowest BCUT2D eigenvalue weighted by Crippen LogP contribution is -2.60. The summed E-state index contributed by atoms with van der Waals surface area (Å²) in [6.45, 7) is 7.20. The molecule has 3 aromatic carbocycles. The first-order valence-electron chi connectivity index (χ1n) is 17.3. The van der Waals surface area contributed by atoms with E-state index in [2.05, 4.69) is 29.6 Å². The van der Waals surface area contributed by atoms with E-state index >= 15 is 0 Å². The SMILES string of the molecule is CCc1ccc(O[C@@H]2O[C@H](C(=O)OC)[C@@H](C)[C@H](OC(C)=O)[C@H]2OC(C)=O)cc1OCCOCCNC(=O)OCC1c2ccccc2-c2ccccc21. The van der Waals surface area contributed by atoms with Crippen LogP contribution in [0.15, 0.2) is 66.7 Å². The van der Waals surface area contributed by atoms with E-state index in [1.165, 1.54) is 21.0 Å². The molecule has 2 aliphatic rings. The number of hydrogen-bond donors (Lipinski definition) is 1. The van der Waals surface area contributed by atoms with Crippen LogP contribution in [0.1, 0.15) is 50.3 Å². The van der Waals surface area contributed by atoms with E-state index in [9.17, 15) is 19.2 Å². The molecule has 0 spiro atoms. The van der Waals surface area contributed by atoms with E-state index in [1.54, 1.807) is 19.1 Å². The van der Waals surface area contributed by atoms with Crippen molar-refractivity contribution in [3.63, 3.8) is 0 Å². The molecule has 1 aliphatic heterocycles. The molecule has 3 aromatic rings. The molecular weight excluding hydrogens is 674 g/mol. The Labute approximate surface area is 302 Å². The predicted molar refractivity (Wildman–Crippen MR) is 187 cm³/mol. The molecular formula is C39H45NO12. The van der Waals surface area contributed by atoms with Crippen LogP contribution in [0, 0.1) is 5.92 Å². The molecule has 1 heterocycles. The summed E-state index contributed by atoms with van der Waals surface area (Å²) in [6.07, 6.45) is -4.56. The Bertz CT molecular complexity index is 1680. The van der Waals surface area contributed by atoms with Gasteiger partial charge in [0.05, 0.1) is 20.3 Å². The van der Waals surface area contributed by atoms with Gasteiger partial charge in [0, 0.05) is 38.3 Å². The Morgan fingerprint density at radius 2 is 1.48 bits per heavy atom. The minimum atomic E-state index is -1.32. The summed E-state index contributed by atoms with van der Waals surface area (Å²) in [5.41, 5.74) is 5.51. The van der Waals surface area contributed by atoms with Crippen molar-refractivity contribution in [2.24, 2.45) is 5.92 Å². The lowest BCUT2D eigenvalue weighted by Gasteiger charge is -2.42. The van der Waals surface area contributed by atoms with E-state index in [0.29, 0.717) is 17.9 Å². The van der Waals surface area contributed by atoms with Crippen LogP contribution >= 0.6 is 0 Å². The molecule has 13 heteroatoms. The molecule has 1 saturated heterocycles. The van der Waals surface area contributed by atoms with Gasteiger partial charge in [-0.1, -0.05) is 68.4 Å². The van der Waals surface area contributed by atoms with Gasteiger partial charge in [-0.05, 0) is 40.3 Å². The van der Waals surface area contributed by atoms with Crippen molar-refractivity contribution in [3.8, 4) is 22.6 Å². The quantitative estimate of drug-likeness (QED) is 0.128. The number of fused-ring (bicyclic) bond motifs is 3. The molecule has 5 rings (SSSR count). The second-order valence-electron chi connectivity index (χ2n) is 12.4. The number of hydrogen-bond acceptors (Lipinski definition) is 12. The number of methoxy groups -OCH3 is 1. The maximum atomic E-state index is 12.6. The number of ether oxygens (including phenoxy) is 8. The molecule has 0 aromatic heterocycles. The van der Waals surface area contributed by atoms with Crippen molar-refractivity contribution < 1.29 is 57.1 Å². The van der Waals surface area contributed by atoms with Crippen molar-refractivity contribution in [2.45, 2.75) is 64.6 Å². The molecule has 1 fully saturated rings. The van der Waals surface area contributed by atoms with Crippen molar-refractivity contribution in [1.29, 1.82) is 0 Å². The molecule has 5 atom stereocenters. The smallest absolute Gasteiger partial charge is 0.407 e. The predicted octanol–water partition coefficient (Wildman–Crippen LogP) is 4.96. The summed E-state index contributed by atoms with van der Waals surface area (Å²) < 4.78 is 45.1. The average molecular weight is 720 g/mol. The van der Waals surface area contributed by atoms with Gasteiger partial charge in [-0.25, -0.2) is 9.59 Å². The number of rotatable bonds is 15. The largest absolute Gasteiger partial charge is 0.491 e. The van der Waals surface area contributed by atoms with Crippen LogP contribution in [0.3, 0.4) is 0 Å². The first-order valence-corrected chi connectivity index (χ1v) is 17.3. The van der Waals surface area contributed by atoms with Crippen LogP contribution in [0.2, 0.25) is 0 Å². The zero-order valence-electron chi connectivity index (χ0n) is 30.0. The highest BCUT2D eigenvalue weighted by Gasteiger charge is 2.52. The zero-order valence-corrected chi connectivity index (χ0v) is 30.0. The molecule has 0 saturated carbocycles. The topological polar surface area (TPSA) is 154 Å². The maximum absolute atomic E-state index is 12.6. The van der Waals surface area contributed by atoms with Crippen molar-refractivity contribution in [3.05, 3.63) is 83.4 Å². The highest BCUT2D eigenvalue weighted by molar-refractivity contribution is 5.79. The van der Waals surface area contributed by atoms with Crippen LogP contribution < -0.4 is 14.8 Å². The van der Waals surface area contributed by atoms with E-state index in [4.69, 9.17) is 37.9 Å². The van der Waals surface area contributed by atoms with Gasteiger partial charge in [0.25, 0.3) is 0 Å². The van der Waals surface area contributed by atoms with E-state index < -0.39 is 54.5 Å². The molecule has 1 N–H and O–H groups in total. The normalized spacial score (nSPS) is 20.5. The molecule has 13 nitrogen and oxygen atoms in total. The summed E-state index contributed by atoms with van der Waals surface area (Å²) in [5, 5.41) is 2.73. The summed E-state index contributed by atoms with van der Waals surface area (Å²) in [5.74, 6) is -1.89. The summed E-state index contributed by atoms with van der Waals surface area (Å²) in [7, 11) is 1.21. The Morgan fingerprint density at radius 3 is 2.12 bits per heavy atom. The van der Waals surface area contributed by atoms with Crippen molar-refractivity contribution in [2.75, 3.05) is 40.1 Å². The third-order valence-electron chi connectivity index (χ3n) is 8.92. The summed E-state index contributed by atoms with van der Waals surface area (Å²) in [4.78, 5) is 49.0. The third-order valence-corrected chi connectivity index (χ3v) is 8.92. The lowest BCUT2D eigenvalue weighted by molar-refractivity contribution is -0.266. The van der Waals surface area contributed by atoms with Gasteiger partial charge in [-0.3, -0.25) is 9.59 Å². The average Bonchev–Trinajstić information content (AvgIpc) is 3.45. The third kappa shape index (κ3) is 9.20. The van der Waals surface area contributed by atoms with Crippen LogP contribution in [0.5, 0.6) is 11.5 Å². The summed E-state index contributed by atoms with van der Waals surface area (Å²) in [6, 6.07) is 21.5. The molecule has 278 valence electrons. The number of amides is 1. The zero-order chi connectivity index (χ0) is 37.2. The van der Waals surface area contributed by atoms with E-state index in [1.807, 2.05) is 37.3 Å². The number of carbonyl (C=O) groups is 4. The van der Waals surface area contributed by atoms with Gasteiger partial charge in [-0.2, -0.15) is 0 Å². The first kappa shape index (κ1) is 38.1. The minimum absolute atomic E-state index is 0.0212. The van der Waals surface area contributed by atoms with Gasteiger partial charge < -0.3 is 43.2 Å². The number of nitrogens with one attached hydrogen (secondary N) is 1. The van der Waals surface area contributed by atoms with Gasteiger partial charge in [0.15, 0.2) is 12.2 Å². The van der Waals surface area contributed by atoms with Crippen LogP contribution in [0.4, 0.5) is 4.79 Å². The van der Waals surface area contributed by atoms with E-state index in [0.717, 1.165) is 27.8 Å². The Balaban J connectivity index is 1.10. The van der Waals surface area contributed by atoms with Crippen molar-refractivity contribution in [1.82, 2.24) is 5.32 Å². The highest BCUT2D eigenvalue weighted by atomic mass is 16.7. The van der Waals surface area contributed by atoms with Gasteiger partial charge in [-0.15, -0.1) is 0 Å². The monoisotopic (exact) mass is 719 g/mol. The second-order valence-corrected chi connectivity index (χ2v) is 12.4. The van der Waals surface area contributed by atoms with Gasteiger partial charge in [0.1, 0.15) is 24.7 Å². The minimum Gasteiger partial charge on any atom is -0.491 e. The lowest BCUT2D eigenvalue weighted by atomic mass is 9.90. The Morgan fingerprint density at radius 1 is 0.827 bits per heavy atom. The van der Waals surface area contributed by atoms with Crippen molar-refractivity contribution >= 4 is 24.0 Å². The van der Waals surface area contributed by atoms with Crippen LogP contribution in [0.25, 0.3) is 11.1 Å². The maximum Gasteiger partial charge on any atom is 0.407 e. The second kappa shape index (κ2) is 17.9. The highest BCUT2D eigenvalue weighted by Crippen LogP contribution is 2.44. The standard InChI is InChI=1S/C39H45NO12/c1-6-26-15-16-27(51-38-36(50-25(4)42)34(49-24(3)41)23(2)35(52-38)37(43)45-5)21-33(26)47-20-19-46-18-17-40-39(44)48-22-32-30-13-9-7-11-28(30)29-12-8-10-14-31(29)32/h7-16,21,23,32,34-36,38H,6,17-20,22H2,1-5H3,(H,40,44)/t23-,34-,35-,36+,38+/m0/s1. The molecule has 1 amide bonds. The van der Waals surface area contributed by atoms with E-state index in [-0.39, 0.29) is 38.9 Å². The number of alkyl carbamates (subject to hydrolysis) is 1. The summed E-state index contributed by atoms with van der Waals surface area (Å²) >= 11 is 0. The van der Waals surface area contributed by atoms with Gasteiger partial charge in [0.2, 0.25) is 12.4 Å². The molecule has 0 bridgehead atoms. The first-order chi connectivity index (χ1) is 25.1. The molecule has 0 unspecified atom stereocenters. The van der Waals surface area contributed by atoms with Crippen LogP contribution in [-0.4, -0.2) is 88.7 Å². The molecule has 1 aliphatic carbocycles. The number of aryl methyl sites for hydroxylation is 1. The number of esters is 3. The molecule has 52 heavy (non-hydrogen) atoms. The number of benzene rings is 3. The van der Waals surface area contributed by atoms with Crippen LogP contribution in [-0.2, 0) is 49.2 Å².